The third-order valence-corrected chi connectivity index (χ3v) is 6.55. The number of nitrogens with zero attached hydrogens (tertiary/aromatic N) is 2. The molecule has 0 N–H and O–H groups in total. The van der Waals surface area contributed by atoms with Gasteiger partial charge in [0.25, 0.3) is 0 Å². The number of fused-ring (bicyclic) bond motifs is 1. The fourth-order valence-corrected chi connectivity index (χ4v) is 5.07. The molecule has 28 heavy (non-hydrogen) atoms. The minimum atomic E-state index is 0.740. The molecule has 0 aliphatic rings. The number of halogens is 2. The normalized spacial score (nSPS) is 11.1. The van der Waals surface area contributed by atoms with E-state index in [0.29, 0.717) is 0 Å². The van der Waals surface area contributed by atoms with Crippen molar-refractivity contribution in [3.05, 3.63) is 94.2 Å². The smallest absolute Gasteiger partial charge is 0.0890 e. The number of benzene rings is 3. The van der Waals surface area contributed by atoms with E-state index in [1.54, 1.807) is 23.5 Å². The molecule has 0 fully saturated rings. The summed E-state index contributed by atoms with van der Waals surface area (Å²) in [5, 5.41) is 1.48. The molecule has 2 nitrogen and oxygen atoms in total. The third kappa shape index (κ3) is 5.00. The van der Waals surface area contributed by atoms with Gasteiger partial charge in [-0.25, -0.2) is 9.97 Å². The van der Waals surface area contributed by atoms with Crippen molar-refractivity contribution in [3.8, 4) is 0 Å². The van der Waals surface area contributed by atoms with Crippen molar-refractivity contribution < 1.29 is 0 Å². The Morgan fingerprint density at radius 2 is 1.07 bits per heavy atom. The third-order valence-electron chi connectivity index (χ3n) is 4.07. The van der Waals surface area contributed by atoms with Gasteiger partial charge in [0.2, 0.25) is 0 Å². The van der Waals surface area contributed by atoms with Crippen LogP contribution in [0.4, 0.5) is 0 Å². The molecular weight excluding hydrogens is 427 g/mol. The Hall–Kier alpha value is -1.72. The number of aromatic nitrogens is 2. The van der Waals surface area contributed by atoms with Crippen molar-refractivity contribution >= 4 is 57.8 Å². The van der Waals surface area contributed by atoms with Crippen LogP contribution in [-0.4, -0.2) is 9.97 Å². The molecule has 0 spiro atoms. The van der Waals surface area contributed by atoms with Crippen molar-refractivity contribution in [2.24, 2.45) is 0 Å². The lowest BCUT2D eigenvalue weighted by atomic mass is 10.2. The highest BCUT2D eigenvalue weighted by atomic mass is 35.5. The first-order valence-electron chi connectivity index (χ1n) is 8.69. The summed E-state index contributed by atoms with van der Waals surface area (Å²) in [6.07, 6.45) is 0. The van der Waals surface area contributed by atoms with Gasteiger partial charge in [-0.2, -0.15) is 0 Å². The van der Waals surface area contributed by atoms with E-state index in [4.69, 9.17) is 33.2 Å². The molecule has 0 saturated carbocycles. The summed E-state index contributed by atoms with van der Waals surface area (Å²) in [6, 6.07) is 23.8. The van der Waals surface area contributed by atoms with Gasteiger partial charge in [0, 0.05) is 31.3 Å². The lowest BCUT2D eigenvalue weighted by Crippen LogP contribution is -2.00. The zero-order valence-electron chi connectivity index (χ0n) is 14.8. The van der Waals surface area contributed by atoms with Crippen molar-refractivity contribution in [2.45, 2.75) is 21.3 Å². The van der Waals surface area contributed by atoms with Crippen LogP contribution < -0.4 is 0 Å². The van der Waals surface area contributed by atoms with Gasteiger partial charge in [0.1, 0.15) is 0 Å². The Morgan fingerprint density at radius 3 is 1.50 bits per heavy atom. The summed E-state index contributed by atoms with van der Waals surface area (Å²) in [7, 11) is 0. The van der Waals surface area contributed by atoms with Crippen LogP contribution in [0.5, 0.6) is 0 Å². The molecule has 0 radical (unpaired) electrons. The highest BCUT2D eigenvalue weighted by Crippen LogP contribution is 2.30. The molecule has 0 unspecified atom stereocenters. The van der Waals surface area contributed by atoms with Gasteiger partial charge < -0.3 is 0 Å². The number of hydrogen-bond donors (Lipinski definition) is 0. The summed E-state index contributed by atoms with van der Waals surface area (Å²) in [6.45, 7) is 0. The first-order chi connectivity index (χ1) is 13.7. The van der Waals surface area contributed by atoms with E-state index in [0.717, 1.165) is 53.8 Å². The van der Waals surface area contributed by atoms with E-state index in [2.05, 4.69) is 12.1 Å². The molecule has 3 aromatic carbocycles. The molecule has 1 heterocycles. The Bertz CT molecular complexity index is 1030. The van der Waals surface area contributed by atoms with E-state index >= 15 is 0 Å². The summed E-state index contributed by atoms with van der Waals surface area (Å²) in [4.78, 5) is 12.0. The second kappa shape index (κ2) is 9.19. The van der Waals surface area contributed by atoms with Gasteiger partial charge in [-0.15, -0.1) is 23.5 Å². The van der Waals surface area contributed by atoms with Crippen LogP contribution >= 0.6 is 46.7 Å². The summed E-state index contributed by atoms with van der Waals surface area (Å²) < 4.78 is 0. The van der Waals surface area contributed by atoms with E-state index in [9.17, 15) is 0 Å². The number of hydrogen-bond acceptors (Lipinski definition) is 4. The largest absolute Gasteiger partial charge is 0.248 e. The van der Waals surface area contributed by atoms with E-state index < -0.39 is 0 Å². The van der Waals surface area contributed by atoms with Gasteiger partial charge in [0.05, 0.1) is 22.4 Å². The lowest BCUT2D eigenvalue weighted by Gasteiger charge is -2.10. The second-order valence-corrected chi connectivity index (χ2v) is 9.07. The molecule has 0 bridgehead atoms. The number of rotatable bonds is 6. The van der Waals surface area contributed by atoms with Crippen LogP contribution in [-0.2, 0) is 11.5 Å². The predicted molar refractivity (Wildman–Crippen MR) is 122 cm³/mol. The van der Waals surface area contributed by atoms with Crippen LogP contribution in [0.3, 0.4) is 0 Å². The Labute approximate surface area is 182 Å². The van der Waals surface area contributed by atoms with Crippen LogP contribution in [0.2, 0.25) is 10.0 Å². The van der Waals surface area contributed by atoms with Crippen LogP contribution in [0.15, 0.2) is 82.6 Å². The molecule has 0 saturated heterocycles. The zero-order chi connectivity index (χ0) is 19.3. The monoisotopic (exact) mass is 442 g/mol. The van der Waals surface area contributed by atoms with E-state index in [1.165, 1.54) is 0 Å². The van der Waals surface area contributed by atoms with Gasteiger partial charge in [0.15, 0.2) is 0 Å². The summed E-state index contributed by atoms with van der Waals surface area (Å²) >= 11 is 15.7. The lowest BCUT2D eigenvalue weighted by molar-refractivity contribution is 1.07. The van der Waals surface area contributed by atoms with Gasteiger partial charge in [-0.05, 0) is 48.5 Å². The van der Waals surface area contributed by atoms with Crippen molar-refractivity contribution in [3.63, 3.8) is 0 Å². The SMILES string of the molecule is Clc1cccc(SCc2nc3ccccc3nc2CSc2cccc(Cl)c2)c1. The molecule has 0 atom stereocenters. The fourth-order valence-electron chi connectivity index (χ4n) is 2.72. The predicted octanol–water partition coefficient (Wildman–Crippen LogP) is 7.52. The van der Waals surface area contributed by atoms with Gasteiger partial charge in [-0.3, -0.25) is 0 Å². The highest BCUT2D eigenvalue weighted by molar-refractivity contribution is 7.99. The highest BCUT2D eigenvalue weighted by Gasteiger charge is 2.11. The molecule has 0 amide bonds. The molecule has 6 heteroatoms. The Morgan fingerprint density at radius 1 is 0.607 bits per heavy atom. The minimum Gasteiger partial charge on any atom is -0.248 e. The van der Waals surface area contributed by atoms with Crippen molar-refractivity contribution in [1.29, 1.82) is 0 Å². The standard InChI is InChI=1S/C22H16Cl2N2S2/c23-15-5-3-7-17(11-15)27-13-21-22(14-28-18-8-4-6-16(24)12-18)26-20-10-2-1-9-19(20)25-21/h1-12H,13-14H2. The van der Waals surface area contributed by atoms with Gasteiger partial charge in [-0.1, -0.05) is 47.5 Å². The van der Waals surface area contributed by atoms with Crippen LogP contribution in [0, 0.1) is 0 Å². The van der Waals surface area contributed by atoms with Crippen LogP contribution in [0.1, 0.15) is 11.4 Å². The molecule has 0 aliphatic carbocycles. The van der Waals surface area contributed by atoms with Crippen molar-refractivity contribution in [2.75, 3.05) is 0 Å². The molecule has 4 rings (SSSR count). The first kappa shape index (κ1) is 19.6. The maximum atomic E-state index is 6.11. The Kier molecular flexibility index (Phi) is 6.43. The first-order valence-corrected chi connectivity index (χ1v) is 11.4. The minimum absolute atomic E-state index is 0.740. The van der Waals surface area contributed by atoms with Crippen molar-refractivity contribution in [1.82, 2.24) is 9.97 Å². The second-order valence-electron chi connectivity index (χ2n) is 6.10. The number of thioether (sulfide) groups is 2. The number of para-hydroxylation sites is 2. The maximum Gasteiger partial charge on any atom is 0.0890 e. The van der Waals surface area contributed by atoms with Gasteiger partial charge >= 0.3 is 0 Å². The fraction of sp³-hybridized carbons (Fsp3) is 0.0909. The van der Waals surface area contributed by atoms with Crippen LogP contribution in [0.25, 0.3) is 11.0 Å². The quantitative estimate of drug-likeness (QED) is 0.288. The molecule has 1 aromatic heterocycles. The Balaban J connectivity index is 1.60. The topological polar surface area (TPSA) is 25.8 Å². The zero-order valence-corrected chi connectivity index (χ0v) is 18.0. The molecule has 0 aliphatic heterocycles. The average molecular weight is 443 g/mol. The molecular formula is C22H16Cl2N2S2. The van der Waals surface area contributed by atoms with E-state index in [1.807, 2.05) is 60.7 Å². The molecule has 4 aromatic rings. The molecule has 140 valence electrons. The summed E-state index contributed by atoms with van der Waals surface area (Å²) in [5.41, 5.74) is 3.83. The maximum absolute atomic E-state index is 6.11. The van der Waals surface area contributed by atoms with E-state index in [-0.39, 0.29) is 0 Å². The average Bonchev–Trinajstić information content (AvgIpc) is 2.70. The summed E-state index contributed by atoms with van der Waals surface area (Å²) in [5.74, 6) is 1.48.